The summed E-state index contributed by atoms with van der Waals surface area (Å²) < 4.78 is 12.0. The molecule has 2 saturated heterocycles. The summed E-state index contributed by atoms with van der Waals surface area (Å²) in [6, 6.07) is 0. The number of ether oxygens (including phenoxy) is 2. The van der Waals surface area contributed by atoms with Crippen LogP contribution in [-0.2, 0) is 14.3 Å². The van der Waals surface area contributed by atoms with Crippen LogP contribution in [0.1, 0.15) is 85.0 Å². The maximum Gasteiger partial charge on any atom is 0.310 e. The van der Waals surface area contributed by atoms with Crippen LogP contribution in [0.15, 0.2) is 0 Å². The molecule has 2 saturated carbocycles. The smallest absolute Gasteiger partial charge is 0.310 e. The summed E-state index contributed by atoms with van der Waals surface area (Å²) in [5.74, 6) is 1.06. The lowest BCUT2D eigenvalue weighted by Crippen LogP contribution is -2.51. The molecule has 0 aromatic heterocycles. The molecule has 4 fully saturated rings. The Morgan fingerprint density at radius 1 is 1.10 bits per heavy atom. The van der Waals surface area contributed by atoms with E-state index in [2.05, 4.69) is 31.0 Å². The van der Waals surface area contributed by atoms with Crippen LogP contribution >= 0.6 is 0 Å². The minimum absolute atomic E-state index is 0.0311. The number of carbonyl (C=O) groups is 1. The summed E-state index contributed by atoms with van der Waals surface area (Å²) in [6.07, 6.45) is 12.3. The highest BCUT2D eigenvalue weighted by Crippen LogP contribution is 2.62. The Balaban J connectivity index is 1.24. The van der Waals surface area contributed by atoms with Crippen LogP contribution in [0.25, 0.3) is 0 Å². The minimum Gasteiger partial charge on any atom is -0.462 e. The largest absolute Gasteiger partial charge is 0.462 e. The number of hydrogen-bond donors (Lipinski definition) is 1. The molecule has 0 aromatic rings. The van der Waals surface area contributed by atoms with Gasteiger partial charge in [0.1, 0.15) is 6.10 Å². The zero-order valence-electron chi connectivity index (χ0n) is 20.3. The average molecular weight is 435 g/mol. The molecule has 0 bridgehead atoms. The Hall–Kier alpha value is -0.650. The number of rotatable bonds is 12. The normalized spacial score (nSPS) is 38.9. The first-order valence-corrected chi connectivity index (χ1v) is 13.3. The Labute approximate surface area is 190 Å². The van der Waals surface area contributed by atoms with Crippen molar-refractivity contribution in [2.45, 2.75) is 96.7 Å². The van der Waals surface area contributed by atoms with Gasteiger partial charge in [0.05, 0.1) is 18.1 Å². The van der Waals surface area contributed by atoms with E-state index in [-0.39, 0.29) is 23.6 Å². The molecule has 0 unspecified atom stereocenters. The van der Waals surface area contributed by atoms with Gasteiger partial charge in [-0.05, 0) is 88.9 Å². The zero-order chi connectivity index (χ0) is 21.9. The van der Waals surface area contributed by atoms with Crippen molar-refractivity contribution in [1.29, 1.82) is 0 Å². The van der Waals surface area contributed by atoms with Gasteiger partial charge in [-0.1, -0.05) is 33.6 Å². The van der Waals surface area contributed by atoms with Crippen molar-refractivity contribution in [3.63, 3.8) is 0 Å². The predicted octanol–water partition coefficient (Wildman–Crippen LogP) is 4.40. The van der Waals surface area contributed by atoms with Crippen LogP contribution in [0, 0.1) is 23.2 Å². The number of epoxide rings is 1. The molecule has 1 N–H and O–H groups in total. The topological polar surface area (TPSA) is 54.1 Å². The highest BCUT2D eigenvalue weighted by molar-refractivity contribution is 5.75. The highest BCUT2D eigenvalue weighted by atomic mass is 16.6. The second kappa shape index (κ2) is 10.1. The van der Waals surface area contributed by atoms with Gasteiger partial charge in [-0.2, -0.15) is 0 Å². The van der Waals surface area contributed by atoms with Crippen molar-refractivity contribution in [3.05, 3.63) is 0 Å². The molecule has 4 aliphatic rings. The summed E-state index contributed by atoms with van der Waals surface area (Å²) in [6.45, 7) is 13.3. The summed E-state index contributed by atoms with van der Waals surface area (Å²) in [5, 5.41) is 3.62. The first-order valence-electron chi connectivity index (χ1n) is 13.3. The standard InChI is InChI=1S/C26H46N2O3/c1-4-6-13-28(14-7-5-2)15-9-12-27-18-21-20-16-23-25(3,17-22(20)31-24(21)29)10-8-11-26(23)19-30-26/h20-23,27H,4-19H2,1-3H3/t20-,21-,22+,23-,25-,26-/m0/s1. The van der Waals surface area contributed by atoms with E-state index in [1.165, 1.54) is 58.0 Å². The maximum absolute atomic E-state index is 12.7. The quantitative estimate of drug-likeness (QED) is 0.280. The van der Waals surface area contributed by atoms with Gasteiger partial charge in [-0.25, -0.2) is 0 Å². The highest BCUT2D eigenvalue weighted by Gasteiger charge is 2.64. The minimum atomic E-state index is 0.0311. The lowest BCUT2D eigenvalue weighted by molar-refractivity contribution is -0.147. The predicted molar refractivity (Wildman–Crippen MR) is 124 cm³/mol. The molecule has 4 rings (SSSR count). The van der Waals surface area contributed by atoms with Crippen LogP contribution in [0.5, 0.6) is 0 Å². The molecule has 5 heteroatoms. The summed E-state index contributed by atoms with van der Waals surface area (Å²) in [7, 11) is 0. The fourth-order valence-corrected chi connectivity index (χ4v) is 6.97. The van der Waals surface area contributed by atoms with Crippen LogP contribution in [0.3, 0.4) is 0 Å². The number of fused-ring (bicyclic) bond motifs is 3. The maximum atomic E-state index is 12.7. The first kappa shape index (κ1) is 23.5. The van der Waals surface area contributed by atoms with Gasteiger partial charge in [-0.15, -0.1) is 0 Å². The van der Waals surface area contributed by atoms with Crippen molar-refractivity contribution in [1.82, 2.24) is 10.2 Å². The number of carbonyl (C=O) groups excluding carboxylic acids is 1. The number of esters is 1. The van der Waals surface area contributed by atoms with Gasteiger partial charge in [0.15, 0.2) is 0 Å². The third-order valence-electron chi connectivity index (χ3n) is 8.93. The Bertz CT molecular complexity index is 599. The van der Waals surface area contributed by atoms with E-state index in [0.29, 0.717) is 17.3 Å². The number of nitrogens with one attached hydrogen (secondary N) is 1. The molecule has 2 heterocycles. The molecule has 2 aliphatic heterocycles. The fourth-order valence-electron chi connectivity index (χ4n) is 6.97. The number of nitrogens with zero attached hydrogens (tertiary/aromatic N) is 1. The van der Waals surface area contributed by atoms with Crippen molar-refractivity contribution in [3.8, 4) is 0 Å². The van der Waals surface area contributed by atoms with Crippen molar-refractivity contribution in [2.75, 3.05) is 39.3 Å². The van der Waals surface area contributed by atoms with Crippen molar-refractivity contribution >= 4 is 5.97 Å². The molecule has 0 radical (unpaired) electrons. The van der Waals surface area contributed by atoms with Crippen molar-refractivity contribution < 1.29 is 14.3 Å². The molecule has 31 heavy (non-hydrogen) atoms. The SMILES string of the molecule is CCCCN(CCCC)CCCNC[C@@H]1C(=O)O[C@@H]2C[C@]3(C)CCC[C@]4(CO4)[C@H]3C[C@@H]12. The zero-order valence-corrected chi connectivity index (χ0v) is 20.3. The van der Waals surface area contributed by atoms with Gasteiger partial charge in [0.25, 0.3) is 0 Å². The van der Waals surface area contributed by atoms with Gasteiger partial charge in [0, 0.05) is 12.5 Å². The molecule has 6 atom stereocenters. The van der Waals surface area contributed by atoms with Gasteiger partial charge in [-0.3, -0.25) is 4.79 Å². The summed E-state index contributed by atoms with van der Waals surface area (Å²) in [4.78, 5) is 15.4. The van der Waals surface area contributed by atoms with Crippen LogP contribution in [0.4, 0.5) is 0 Å². The lowest BCUT2D eigenvalue weighted by atomic mass is 9.53. The summed E-state index contributed by atoms with van der Waals surface area (Å²) in [5.41, 5.74) is 0.432. The second-order valence-corrected chi connectivity index (χ2v) is 11.2. The van der Waals surface area contributed by atoms with E-state index < -0.39 is 0 Å². The average Bonchev–Trinajstić information content (AvgIpc) is 3.45. The molecule has 2 aliphatic carbocycles. The van der Waals surface area contributed by atoms with E-state index in [9.17, 15) is 4.79 Å². The molecule has 0 amide bonds. The third-order valence-corrected chi connectivity index (χ3v) is 8.93. The number of unbranched alkanes of at least 4 members (excludes halogenated alkanes) is 2. The molecular weight excluding hydrogens is 388 g/mol. The van der Waals surface area contributed by atoms with E-state index in [0.717, 1.165) is 45.5 Å². The Morgan fingerprint density at radius 2 is 1.81 bits per heavy atom. The summed E-state index contributed by atoms with van der Waals surface area (Å²) >= 11 is 0. The molecule has 178 valence electrons. The van der Waals surface area contributed by atoms with Crippen LogP contribution in [0.2, 0.25) is 0 Å². The van der Waals surface area contributed by atoms with Gasteiger partial charge < -0.3 is 19.7 Å². The van der Waals surface area contributed by atoms with E-state index in [1.54, 1.807) is 0 Å². The fraction of sp³-hybridized carbons (Fsp3) is 0.962. The number of hydrogen-bond acceptors (Lipinski definition) is 5. The molecule has 5 nitrogen and oxygen atoms in total. The first-order chi connectivity index (χ1) is 15.0. The lowest BCUT2D eigenvalue weighted by Gasteiger charge is -2.51. The Morgan fingerprint density at radius 3 is 2.48 bits per heavy atom. The monoisotopic (exact) mass is 434 g/mol. The van der Waals surface area contributed by atoms with E-state index in [4.69, 9.17) is 9.47 Å². The van der Waals surface area contributed by atoms with Gasteiger partial charge in [0.2, 0.25) is 0 Å². The van der Waals surface area contributed by atoms with Crippen molar-refractivity contribution in [2.24, 2.45) is 23.2 Å². The third kappa shape index (κ3) is 5.14. The molecular formula is C26H46N2O3. The van der Waals surface area contributed by atoms with Crippen LogP contribution in [-0.4, -0.2) is 61.9 Å². The molecule has 1 spiro atoms. The second-order valence-electron chi connectivity index (χ2n) is 11.2. The Kier molecular flexibility index (Phi) is 7.65. The molecule has 0 aromatic carbocycles. The van der Waals surface area contributed by atoms with Crippen LogP contribution < -0.4 is 5.32 Å². The van der Waals surface area contributed by atoms with E-state index >= 15 is 0 Å². The van der Waals surface area contributed by atoms with E-state index in [1.807, 2.05) is 0 Å². The van der Waals surface area contributed by atoms with Gasteiger partial charge >= 0.3 is 5.97 Å².